The number of nitrogens with one attached hydrogen (secondary N) is 1. The molecule has 4 heteroatoms. The van der Waals surface area contributed by atoms with Gasteiger partial charge < -0.3 is 11.1 Å². The molecule has 0 saturated carbocycles. The molecular formula is C13H17N3S. The number of nitrogens with two attached hydrogens (primary N) is 1. The molecule has 3 N–H and O–H groups in total. The summed E-state index contributed by atoms with van der Waals surface area (Å²) >= 11 is 1.77. The van der Waals surface area contributed by atoms with Gasteiger partial charge in [-0.3, -0.25) is 0 Å². The standard InChI is InChI=1S/C13H17N3S/c1-9(2)13(11-4-3-7-17-11)16-10-5-6-15-12(14)8-10/h3-9,13H,1-2H3,(H3,14,15,16). The normalized spacial score (nSPS) is 12.6. The Kier molecular flexibility index (Phi) is 3.64. The third kappa shape index (κ3) is 2.97. The van der Waals surface area contributed by atoms with Crippen LogP contribution in [0.15, 0.2) is 35.8 Å². The van der Waals surface area contributed by atoms with Crippen molar-refractivity contribution in [3.05, 3.63) is 40.7 Å². The molecule has 0 aliphatic carbocycles. The van der Waals surface area contributed by atoms with Crippen LogP contribution < -0.4 is 11.1 Å². The van der Waals surface area contributed by atoms with Gasteiger partial charge in [0, 0.05) is 22.8 Å². The van der Waals surface area contributed by atoms with Gasteiger partial charge in [0.2, 0.25) is 0 Å². The highest BCUT2D eigenvalue weighted by Gasteiger charge is 2.16. The van der Waals surface area contributed by atoms with E-state index in [2.05, 4.69) is 41.7 Å². The number of thiophene rings is 1. The van der Waals surface area contributed by atoms with Crippen LogP contribution in [0.3, 0.4) is 0 Å². The monoisotopic (exact) mass is 247 g/mol. The lowest BCUT2D eigenvalue weighted by molar-refractivity contribution is 0.554. The molecule has 1 atom stereocenters. The van der Waals surface area contributed by atoms with Crippen molar-refractivity contribution in [2.24, 2.45) is 5.92 Å². The number of pyridine rings is 1. The van der Waals surface area contributed by atoms with E-state index < -0.39 is 0 Å². The summed E-state index contributed by atoms with van der Waals surface area (Å²) in [5, 5.41) is 5.62. The zero-order chi connectivity index (χ0) is 12.3. The average Bonchev–Trinajstić information content (AvgIpc) is 2.78. The van der Waals surface area contributed by atoms with E-state index in [1.54, 1.807) is 17.5 Å². The van der Waals surface area contributed by atoms with Crippen molar-refractivity contribution in [3.8, 4) is 0 Å². The Morgan fingerprint density at radius 3 is 2.76 bits per heavy atom. The Balaban J connectivity index is 2.19. The predicted molar refractivity (Wildman–Crippen MR) is 74.2 cm³/mol. The molecule has 0 aliphatic heterocycles. The van der Waals surface area contributed by atoms with E-state index in [-0.39, 0.29) is 0 Å². The molecule has 0 amide bonds. The molecule has 0 fully saturated rings. The summed E-state index contributed by atoms with van der Waals surface area (Å²) in [6, 6.07) is 8.37. The van der Waals surface area contributed by atoms with Crippen molar-refractivity contribution >= 4 is 22.8 Å². The second-order valence-corrected chi connectivity index (χ2v) is 5.33. The highest BCUT2D eigenvalue weighted by molar-refractivity contribution is 7.10. The molecule has 3 nitrogen and oxygen atoms in total. The van der Waals surface area contributed by atoms with E-state index in [9.17, 15) is 0 Å². The summed E-state index contributed by atoms with van der Waals surface area (Å²) in [7, 11) is 0. The van der Waals surface area contributed by atoms with Gasteiger partial charge in [-0.15, -0.1) is 11.3 Å². The first-order valence-corrected chi connectivity index (χ1v) is 6.56. The largest absolute Gasteiger partial charge is 0.384 e. The first-order chi connectivity index (χ1) is 8.16. The van der Waals surface area contributed by atoms with Gasteiger partial charge >= 0.3 is 0 Å². The molecule has 0 aliphatic rings. The van der Waals surface area contributed by atoms with Crippen LogP contribution in [0.1, 0.15) is 24.8 Å². The van der Waals surface area contributed by atoms with E-state index in [0.717, 1.165) is 5.69 Å². The summed E-state index contributed by atoms with van der Waals surface area (Å²) in [6.45, 7) is 4.42. The Bertz CT molecular complexity index is 465. The first kappa shape index (κ1) is 11.9. The van der Waals surface area contributed by atoms with E-state index >= 15 is 0 Å². The molecule has 1 unspecified atom stereocenters. The fourth-order valence-electron chi connectivity index (χ4n) is 1.75. The maximum atomic E-state index is 5.68. The fourth-order valence-corrected chi connectivity index (χ4v) is 2.70. The maximum Gasteiger partial charge on any atom is 0.125 e. The van der Waals surface area contributed by atoms with Crippen LogP contribution in [0.4, 0.5) is 11.5 Å². The molecule has 90 valence electrons. The molecule has 2 aromatic heterocycles. The molecule has 0 aromatic carbocycles. The van der Waals surface area contributed by atoms with Crippen molar-refractivity contribution in [1.82, 2.24) is 4.98 Å². The molecule has 2 heterocycles. The van der Waals surface area contributed by atoms with E-state index in [4.69, 9.17) is 5.73 Å². The Morgan fingerprint density at radius 2 is 2.18 bits per heavy atom. The van der Waals surface area contributed by atoms with Crippen molar-refractivity contribution in [3.63, 3.8) is 0 Å². The van der Waals surface area contributed by atoms with Gasteiger partial charge in [0.05, 0.1) is 6.04 Å². The van der Waals surface area contributed by atoms with Gasteiger partial charge in [0.15, 0.2) is 0 Å². The van der Waals surface area contributed by atoms with Crippen molar-refractivity contribution in [2.45, 2.75) is 19.9 Å². The molecule has 0 saturated heterocycles. The van der Waals surface area contributed by atoms with Crippen LogP contribution in [0.2, 0.25) is 0 Å². The molecule has 17 heavy (non-hydrogen) atoms. The van der Waals surface area contributed by atoms with Crippen LogP contribution >= 0.6 is 11.3 Å². The van der Waals surface area contributed by atoms with Gasteiger partial charge in [0.25, 0.3) is 0 Å². The zero-order valence-electron chi connectivity index (χ0n) is 10.1. The third-order valence-electron chi connectivity index (χ3n) is 2.62. The van der Waals surface area contributed by atoms with Gasteiger partial charge in [-0.2, -0.15) is 0 Å². The first-order valence-electron chi connectivity index (χ1n) is 5.68. The number of hydrogen-bond donors (Lipinski definition) is 2. The second-order valence-electron chi connectivity index (χ2n) is 4.35. The summed E-state index contributed by atoms with van der Waals surface area (Å²) < 4.78 is 0. The lowest BCUT2D eigenvalue weighted by Gasteiger charge is -2.22. The minimum absolute atomic E-state index is 0.316. The lowest BCUT2D eigenvalue weighted by Crippen LogP contribution is -2.15. The van der Waals surface area contributed by atoms with Crippen LogP contribution in [-0.2, 0) is 0 Å². The summed E-state index contributed by atoms with van der Waals surface area (Å²) in [5.74, 6) is 1.06. The molecule has 2 aromatic rings. The SMILES string of the molecule is CC(C)C(Nc1ccnc(N)c1)c1cccs1. The van der Waals surface area contributed by atoms with Gasteiger partial charge in [-0.05, 0) is 23.4 Å². The van der Waals surface area contributed by atoms with Crippen LogP contribution in [0.25, 0.3) is 0 Å². The van der Waals surface area contributed by atoms with E-state index in [0.29, 0.717) is 17.8 Å². The third-order valence-corrected chi connectivity index (χ3v) is 3.58. The van der Waals surface area contributed by atoms with Crippen molar-refractivity contribution < 1.29 is 0 Å². The van der Waals surface area contributed by atoms with Gasteiger partial charge in [0.1, 0.15) is 5.82 Å². The van der Waals surface area contributed by atoms with Crippen LogP contribution in [0.5, 0.6) is 0 Å². The quantitative estimate of drug-likeness (QED) is 0.869. The lowest BCUT2D eigenvalue weighted by atomic mass is 10.0. The number of anilines is 2. The number of nitrogen functional groups attached to an aromatic ring is 1. The highest BCUT2D eigenvalue weighted by Crippen LogP contribution is 2.29. The molecule has 0 bridgehead atoms. The number of hydrogen-bond acceptors (Lipinski definition) is 4. The Labute approximate surface area is 106 Å². The average molecular weight is 247 g/mol. The Hall–Kier alpha value is -1.55. The maximum absolute atomic E-state index is 5.68. The fraction of sp³-hybridized carbons (Fsp3) is 0.308. The molecule has 0 radical (unpaired) electrons. The van der Waals surface area contributed by atoms with E-state index in [1.807, 2.05) is 12.1 Å². The number of rotatable bonds is 4. The van der Waals surface area contributed by atoms with Crippen molar-refractivity contribution in [1.29, 1.82) is 0 Å². The number of nitrogens with zero attached hydrogens (tertiary/aromatic N) is 1. The predicted octanol–water partition coefficient (Wildman–Crippen LogP) is 3.53. The minimum atomic E-state index is 0.316. The summed E-state index contributed by atoms with van der Waals surface area (Å²) in [6.07, 6.45) is 1.73. The van der Waals surface area contributed by atoms with Crippen molar-refractivity contribution in [2.75, 3.05) is 11.1 Å². The van der Waals surface area contributed by atoms with Gasteiger partial charge in [-0.25, -0.2) is 4.98 Å². The topological polar surface area (TPSA) is 50.9 Å². The smallest absolute Gasteiger partial charge is 0.125 e. The summed E-state index contributed by atoms with van der Waals surface area (Å²) in [5.41, 5.74) is 6.70. The zero-order valence-corrected chi connectivity index (χ0v) is 10.9. The minimum Gasteiger partial charge on any atom is -0.384 e. The molecular weight excluding hydrogens is 230 g/mol. The molecule has 0 spiro atoms. The van der Waals surface area contributed by atoms with Crippen LogP contribution in [0, 0.1) is 5.92 Å². The second kappa shape index (κ2) is 5.19. The van der Waals surface area contributed by atoms with Crippen LogP contribution in [-0.4, -0.2) is 4.98 Å². The summed E-state index contributed by atoms with van der Waals surface area (Å²) in [4.78, 5) is 5.34. The Morgan fingerprint density at radius 1 is 1.35 bits per heavy atom. The number of aromatic nitrogens is 1. The molecule has 2 rings (SSSR count). The van der Waals surface area contributed by atoms with E-state index in [1.165, 1.54) is 4.88 Å². The van der Waals surface area contributed by atoms with Gasteiger partial charge in [-0.1, -0.05) is 19.9 Å². The highest BCUT2D eigenvalue weighted by atomic mass is 32.1.